The van der Waals surface area contributed by atoms with E-state index in [1.54, 1.807) is 19.4 Å². The van der Waals surface area contributed by atoms with E-state index >= 15 is 0 Å². The number of hydrogen-bond acceptors (Lipinski definition) is 6. The van der Waals surface area contributed by atoms with Crippen LogP contribution in [0.3, 0.4) is 0 Å². The molecule has 172 valence electrons. The van der Waals surface area contributed by atoms with E-state index in [9.17, 15) is 22.8 Å². The molecule has 1 spiro atoms. The summed E-state index contributed by atoms with van der Waals surface area (Å²) in [6.07, 6.45) is 2.14. The fourth-order valence-corrected chi connectivity index (χ4v) is 3.85. The summed E-state index contributed by atoms with van der Waals surface area (Å²) in [5.41, 5.74) is 1.28. The lowest BCUT2D eigenvalue weighted by Crippen LogP contribution is -2.55. The maximum atomic E-state index is 12.6. The van der Waals surface area contributed by atoms with Crippen molar-refractivity contribution in [2.45, 2.75) is 44.3 Å². The molecule has 2 aliphatic heterocycles. The molecule has 1 aromatic rings. The number of carboxylic acid groups (broad SMARTS) is 1. The summed E-state index contributed by atoms with van der Waals surface area (Å²) in [4.78, 5) is 45.7. The van der Waals surface area contributed by atoms with Gasteiger partial charge < -0.3 is 15.3 Å². The second-order valence-corrected chi connectivity index (χ2v) is 7.56. The van der Waals surface area contributed by atoms with Crippen molar-refractivity contribution in [3.63, 3.8) is 0 Å². The minimum absolute atomic E-state index is 0.0480. The van der Waals surface area contributed by atoms with Crippen LogP contribution in [-0.2, 0) is 9.59 Å². The van der Waals surface area contributed by atoms with Crippen LogP contribution in [0.25, 0.3) is 0 Å². The number of nitrogens with zero attached hydrogens (tertiary/aromatic N) is 4. The van der Waals surface area contributed by atoms with E-state index in [2.05, 4.69) is 20.2 Å². The number of nitrogens with one attached hydrogen (secondary N) is 1. The Morgan fingerprint density at radius 1 is 1.13 bits per heavy atom. The summed E-state index contributed by atoms with van der Waals surface area (Å²) in [6, 6.07) is 0. The first-order valence-corrected chi connectivity index (χ1v) is 9.82. The number of aromatic nitrogens is 2. The molecule has 31 heavy (non-hydrogen) atoms. The minimum atomic E-state index is -5.08. The largest absolute Gasteiger partial charge is 0.490 e. The van der Waals surface area contributed by atoms with Crippen molar-refractivity contribution >= 4 is 17.8 Å². The number of halogens is 3. The van der Waals surface area contributed by atoms with Gasteiger partial charge in [-0.3, -0.25) is 19.5 Å². The first kappa shape index (κ1) is 24.5. The predicted molar refractivity (Wildman–Crippen MR) is 103 cm³/mol. The van der Waals surface area contributed by atoms with Crippen molar-refractivity contribution in [2.75, 3.05) is 33.2 Å². The van der Waals surface area contributed by atoms with Crippen molar-refractivity contribution in [1.29, 1.82) is 0 Å². The normalized spacial score (nSPS) is 18.3. The molecule has 2 aliphatic rings. The highest BCUT2D eigenvalue weighted by Crippen LogP contribution is 2.38. The number of alkyl halides is 3. The van der Waals surface area contributed by atoms with Gasteiger partial charge in [-0.2, -0.15) is 13.2 Å². The molecular weight excluding hydrogens is 419 g/mol. The van der Waals surface area contributed by atoms with Gasteiger partial charge in [0.1, 0.15) is 5.69 Å². The van der Waals surface area contributed by atoms with Gasteiger partial charge in [0.15, 0.2) is 0 Å². The molecular formula is C19H26F3N5O4. The topological polar surface area (TPSA) is 116 Å². The molecule has 0 saturated carbocycles. The van der Waals surface area contributed by atoms with Crippen molar-refractivity contribution in [2.24, 2.45) is 0 Å². The molecule has 0 aliphatic carbocycles. The van der Waals surface area contributed by atoms with E-state index in [0.29, 0.717) is 25.3 Å². The van der Waals surface area contributed by atoms with Crippen LogP contribution >= 0.6 is 0 Å². The number of likely N-dealkylation sites (tertiary alicyclic amines) is 2. The molecule has 3 heterocycles. The predicted octanol–water partition coefficient (Wildman–Crippen LogP) is 1.23. The molecule has 0 atom stereocenters. The van der Waals surface area contributed by atoms with E-state index in [4.69, 9.17) is 9.90 Å². The van der Waals surface area contributed by atoms with Gasteiger partial charge in [-0.25, -0.2) is 9.78 Å². The summed E-state index contributed by atoms with van der Waals surface area (Å²) < 4.78 is 31.7. The molecule has 2 N–H and O–H groups in total. The van der Waals surface area contributed by atoms with E-state index in [1.165, 1.54) is 0 Å². The second-order valence-electron chi connectivity index (χ2n) is 7.56. The van der Waals surface area contributed by atoms with E-state index in [0.717, 1.165) is 37.9 Å². The highest BCUT2D eigenvalue weighted by atomic mass is 19.4. The Morgan fingerprint density at radius 3 is 2.23 bits per heavy atom. The lowest BCUT2D eigenvalue weighted by atomic mass is 9.84. The molecule has 1 aromatic heterocycles. The van der Waals surface area contributed by atoms with Crippen LogP contribution in [0.4, 0.5) is 13.2 Å². The van der Waals surface area contributed by atoms with Gasteiger partial charge >= 0.3 is 12.1 Å². The minimum Gasteiger partial charge on any atom is -0.475 e. The average molecular weight is 445 g/mol. The first-order chi connectivity index (χ1) is 14.5. The van der Waals surface area contributed by atoms with Crippen molar-refractivity contribution in [3.8, 4) is 0 Å². The smallest absolute Gasteiger partial charge is 0.475 e. The van der Waals surface area contributed by atoms with E-state index in [-0.39, 0.29) is 17.4 Å². The van der Waals surface area contributed by atoms with Crippen LogP contribution < -0.4 is 5.32 Å². The molecule has 2 amide bonds. The number of likely N-dealkylation sites (N-methyl/N-ethyl adjacent to an activating group) is 1. The van der Waals surface area contributed by atoms with Crippen molar-refractivity contribution in [3.05, 3.63) is 23.8 Å². The lowest BCUT2D eigenvalue weighted by molar-refractivity contribution is -0.192. The molecule has 2 saturated heterocycles. The zero-order chi connectivity index (χ0) is 23.2. The number of carboxylic acids is 1. The maximum Gasteiger partial charge on any atom is 0.490 e. The number of aryl methyl sites for hydroxylation is 1. The van der Waals surface area contributed by atoms with Crippen molar-refractivity contribution in [1.82, 2.24) is 25.1 Å². The van der Waals surface area contributed by atoms with Crippen molar-refractivity contribution < 1.29 is 32.7 Å². The average Bonchev–Trinajstić information content (AvgIpc) is 3.09. The molecule has 12 heteroatoms. The quantitative estimate of drug-likeness (QED) is 0.719. The lowest BCUT2D eigenvalue weighted by Gasteiger charge is -2.44. The Balaban J connectivity index is 0.000000423. The summed E-state index contributed by atoms with van der Waals surface area (Å²) in [5.74, 6) is -2.74. The van der Waals surface area contributed by atoms with Gasteiger partial charge in [0, 0.05) is 31.9 Å². The Hall–Kier alpha value is -2.76. The van der Waals surface area contributed by atoms with Crippen LogP contribution in [0.15, 0.2) is 12.4 Å². The second kappa shape index (κ2) is 10.0. The third-order valence-corrected chi connectivity index (χ3v) is 5.58. The third-order valence-electron chi connectivity index (χ3n) is 5.58. The summed E-state index contributed by atoms with van der Waals surface area (Å²) in [5, 5.41) is 9.83. The number of carbonyl (C=O) groups excluding carboxylic acids is 2. The monoisotopic (exact) mass is 445 g/mol. The number of rotatable bonds is 3. The van der Waals surface area contributed by atoms with Crippen LogP contribution in [0.1, 0.15) is 41.9 Å². The van der Waals surface area contributed by atoms with Crippen LogP contribution in [0, 0.1) is 6.92 Å². The highest BCUT2D eigenvalue weighted by molar-refractivity contribution is 5.92. The van der Waals surface area contributed by atoms with E-state index in [1.807, 2.05) is 11.8 Å². The van der Waals surface area contributed by atoms with Gasteiger partial charge in [-0.05, 0) is 39.2 Å². The molecule has 9 nitrogen and oxygen atoms in total. The number of hydrogen-bond donors (Lipinski definition) is 2. The summed E-state index contributed by atoms with van der Waals surface area (Å²) in [6.45, 7) is 4.68. The molecule has 0 unspecified atom stereocenters. The van der Waals surface area contributed by atoms with Gasteiger partial charge in [0.25, 0.3) is 5.91 Å². The van der Waals surface area contributed by atoms with Gasteiger partial charge in [-0.1, -0.05) is 0 Å². The fourth-order valence-electron chi connectivity index (χ4n) is 3.85. The Kier molecular flexibility index (Phi) is 7.93. The van der Waals surface area contributed by atoms with Crippen LogP contribution in [-0.4, -0.2) is 87.6 Å². The Labute approximate surface area is 177 Å². The number of aliphatic carboxylic acids is 1. The molecule has 0 radical (unpaired) electrons. The van der Waals surface area contributed by atoms with Gasteiger partial charge in [0.05, 0.1) is 18.4 Å². The van der Waals surface area contributed by atoms with Gasteiger partial charge in [0.2, 0.25) is 5.91 Å². The molecule has 0 bridgehead atoms. The number of carbonyl (C=O) groups is 3. The SMILES string of the molecule is CNC(=O)CN1CCCC12CCN(C(=O)c1cnc(C)cn1)CC2.O=C(O)C(F)(F)F. The molecule has 2 fully saturated rings. The van der Waals surface area contributed by atoms with Gasteiger partial charge in [-0.15, -0.1) is 0 Å². The molecule has 3 rings (SSSR count). The summed E-state index contributed by atoms with van der Waals surface area (Å²) in [7, 11) is 1.68. The fraction of sp³-hybridized carbons (Fsp3) is 0.632. The third kappa shape index (κ3) is 6.36. The number of piperidine rings is 1. The number of amides is 2. The van der Waals surface area contributed by atoms with Crippen LogP contribution in [0.2, 0.25) is 0 Å². The Bertz CT molecular complexity index is 793. The first-order valence-electron chi connectivity index (χ1n) is 9.82. The summed E-state index contributed by atoms with van der Waals surface area (Å²) >= 11 is 0. The zero-order valence-corrected chi connectivity index (χ0v) is 17.4. The van der Waals surface area contributed by atoms with E-state index < -0.39 is 12.1 Å². The molecule has 0 aromatic carbocycles. The maximum absolute atomic E-state index is 12.6. The van der Waals surface area contributed by atoms with Crippen LogP contribution in [0.5, 0.6) is 0 Å². The Morgan fingerprint density at radius 2 is 1.74 bits per heavy atom. The standard InChI is InChI=1S/C17H25N5O2.C2HF3O2/c1-13-10-20-14(11-19-13)16(24)21-8-5-17(6-9-21)4-3-7-22(17)12-15(23)18-2;3-2(4,5)1(6)7/h10-11H,3-9,12H2,1-2H3,(H,18,23);(H,6,7). The highest BCUT2D eigenvalue weighted by Gasteiger charge is 2.44. The zero-order valence-electron chi connectivity index (χ0n) is 17.4.